The van der Waals surface area contributed by atoms with Crippen LogP contribution in [0.4, 0.5) is 5.69 Å². The van der Waals surface area contributed by atoms with Crippen LogP contribution in [-0.4, -0.2) is 17.1 Å². The molecule has 3 heteroatoms. The van der Waals surface area contributed by atoms with E-state index in [4.69, 9.17) is 0 Å². The highest BCUT2D eigenvalue weighted by atomic mass is 16.4. The molecule has 0 aromatic heterocycles. The summed E-state index contributed by atoms with van der Waals surface area (Å²) in [5.41, 5.74) is 4.69. The number of rotatable bonds is 1. The van der Waals surface area contributed by atoms with Gasteiger partial charge in [-0.1, -0.05) is 18.2 Å². The first-order chi connectivity index (χ1) is 8.58. The first-order valence-electron chi connectivity index (χ1n) is 6.35. The van der Waals surface area contributed by atoms with Gasteiger partial charge in [0.15, 0.2) is 0 Å². The van der Waals surface area contributed by atoms with E-state index in [-0.39, 0.29) is 11.8 Å². The zero-order valence-corrected chi connectivity index (χ0v) is 10.6. The van der Waals surface area contributed by atoms with Crippen LogP contribution in [-0.2, 0) is 4.79 Å². The van der Waals surface area contributed by atoms with Crippen molar-refractivity contribution in [1.82, 2.24) is 0 Å². The van der Waals surface area contributed by atoms with Gasteiger partial charge in [0.25, 0.3) is 0 Å². The Morgan fingerprint density at radius 3 is 2.89 bits per heavy atom. The van der Waals surface area contributed by atoms with Gasteiger partial charge in [-0.05, 0) is 43.0 Å². The standard InChI is InChI=1S/C15H17NO2/c1-8-6-9(2)13-10-4-3-5-11(10)14(15(17)18)16-12(13)7-8/h3-4,6-7,10-11,14,16H,5H2,1-2H3,(H,17,18)/t10-,11+,14+/m0/s1. The molecule has 0 bridgehead atoms. The molecule has 0 saturated heterocycles. The number of nitrogens with one attached hydrogen (secondary N) is 1. The summed E-state index contributed by atoms with van der Waals surface area (Å²) in [6, 6.07) is 3.75. The van der Waals surface area contributed by atoms with Crippen molar-refractivity contribution in [3.05, 3.63) is 41.0 Å². The van der Waals surface area contributed by atoms with Crippen LogP contribution in [0.2, 0.25) is 0 Å². The molecule has 2 aliphatic rings. The van der Waals surface area contributed by atoms with E-state index in [1.165, 1.54) is 16.7 Å². The van der Waals surface area contributed by atoms with Crippen LogP contribution in [0.3, 0.4) is 0 Å². The van der Waals surface area contributed by atoms with Crippen LogP contribution in [0.25, 0.3) is 0 Å². The summed E-state index contributed by atoms with van der Waals surface area (Å²) in [4.78, 5) is 11.4. The molecule has 0 spiro atoms. The number of carbonyl (C=O) groups is 1. The van der Waals surface area contributed by atoms with Crippen LogP contribution in [0, 0.1) is 19.8 Å². The minimum absolute atomic E-state index is 0.149. The zero-order chi connectivity index (χ0) is 12.9. The van der Waals surface area contributed by atoms with Gasteiger partial charge in [-0.3, -0.25) is 0 Å². The van der Waals surface area contributed by atoms with Gasteiger partial charge < -0.3 is 10.4 Å². The van der Waals surface area contributed by atoms with E-state index >= 15 is 0 Å². The van der Waals surface area contributed by atoms with E-state index in [1.54, 1.807) is 0 Å². The predicted molar refractivity (Wildman–Crippen MR) is 71.0 cm³/mol. The maximum Gasteiger partial charge on any atom is 0.326 e. The third-order valence-electron chi connectivity index (χ3n) is 4.08. The monoisotopic (exact) mass is 243 g/mol. The Morgan fingerprint density at radius 2 is 2.17 bits per heavy atom. The van der Waals surface area contributed by atoms with E-state index in [2.05, 4.69) is 36.5 Å². The number of anilines is 1. The molecule has 0 fully saturated rings. The Kier molecular flexibility index (Phi) is 2.44. The molecule has 0 amide bonds. The quantitative estimate of drug-likeness (QED) is 0.746. The maximum absolute atomic E-state index is 11.4. The molecule has 0 saturated carbocycles. The van der Waals surface area contributed by atoms with E-state index in [1.807, 2.05) is 6.92 Å². The van der Waals surface area contributed by atoms with Gasteiger partial charge in [-0.25, -0.2) is 4.79 Å². The number of carboxylic acid groups (broad SMARTS) is 1. The minimum atomic E-state index is -0.751. The fourth-order valence-electron chi connectivity index (χ4n) is 3.39. The Balaban J connectivity index is 2.14. The van der Waals surface area contributed by atoms with Crippen molar-refractivity contribution in [2.24, 2.45) is 5.92 Å². The predicted octanol–water partition coefficient (Wildman–Crippen LogP) is 2.84. The molecule has 0 unspecified atom stereocenters. The van der Waals surface area contributed by atoms with Crippen molar-refractivity contribution < 1.29 is 9.90 Å². The molecule has 1 aliphatic heterocycles. The van der Waals surface area contributed by atoms with E-state index in [0.717, 1.165) is 12.1 Å². The zero-order valence-electron chi connectivity index (χ0n) is 10.6. The molecule has 94 valence electrons. The first kappa shape index (κ1) is 11.3. The second kappa shape index (κ2) is 3.87. The SMILES string of the molecule is Cc1cc(C)c2c(c1)N[C@@H](C(=O)O)[C@@H]1CC=C[C@H]21. The number of allylic oxidation sites excluding steroid dienone is 2. The fraction of sp³-hybridized carbons (Fsp3) is 0.400. The van der Waals surface area contributed by atoms with Gasteiger partial charge in [0.05, 0.1) is 0 Å². The van der Waals surface area contributed by atoms with E-state index in [9.17, 15) is 9.90 Å². The second-order valence-corrected chi connectivity index (χ2v) is 5.36. The highest BCUT2D eigenvalue weighted by Crippen LogP contribution is 2.46. The smallest absolute Gasteiger partial charge is 0.326 e. The second-order valence-electron chi connectivity index (χ2n) is 5.36. The number of fused-ring (bicyclic) bond motifs is 3. The number of aryl methyl sites for hydroxylation is 2. The molecular formula is C15H17NO2. The maximum atomic E-state index is 11.4. The molecule has 1 heterocycles. The average Bonchev–Trinajstić information content (AvgIpc) is 2.75. The van der Waals surface area contributed by atoms with Gasteiger partial charge in [0, 0.05) is 17.5 Å². The van der Waals surface area contributed by atoms with Crippen molar-refractivity contribution in [1.29, 1.82) is 0 Å². The lowest BCUT2D eigenvalue weighted by molar-refractivity contribution is -0.139. The first-order valence-corrected chi connectivity index (χ1v) is 6.35. The van der Waals surface area contributed by atoms with Crippen LogP contribution in [0.15, 0.2) is 24.3 Å². The van der Waals surface area contributed by atoms with Crippen LogP contribution >= 0.6 is 0 Å². The van der Waals surface area contributed by atoms with Crippen molar-refractivity contribution in [2.45, 2.75) is 32.2 Å². The van der Waals surface area contributed by atoms with E-state index in [0.29, 0.717) is 0 Å². The summed E-state index contributed by atoms with van der Waals surface area (Å²) < 4.78 is 0. The lowest BCUT2D eigenvalue weighted by atomic mass is 9.77. The lowest BCUT2D eigenvalue weighted by Crippen LogP contribution is -2.42. The Bertz CT molecular complexity index is 548. The summed E-state index contributed by atoms with van der Waals surface area (Å²) in [6.45, 7) is 4.15. The molecule has 3 rings (SSSR count). The summed E-state index contributed by atoms with van der Waals surface area (Å²) >= 11 is 0. The summed E-state index contributed by atoms with van der Waals surface area (Å²) in [7, 11) is 0. The third kappa shape index (κ3) is 1.54. The summed E-state index contributed by atoms with van der Waals surface area (Å²) in [6.07, 6.45) is 5.13. The third-order valence-corrected chi connectivity index (χ3v) is 4.08. The van der Waals surface area contributed by atoms with Crippen LogP contribution in [0.1, 0.15) is 29.0 Å². The molecule has 1 aromatic rings. The fourth-order valence-corrected chi connectivity index (χ4v) is 3.39. The van der Waals surface area contributed by atoms with Crippen LogP contribution in [0.5, 0.6) is 0 Å². The van der Waals surface area contributed by atoms with Crippen molar-refractivity contribution in [3.63, 3.8) is 0 Å². The Morgan fingerprint density at radius 1 is 1.39 bits per heavy atom. The molecule has 3 nitrogen and oxygen atoms in total. The number of carboxylic acids is 1. The van der Waals surface area contributed by atoms with Crippen molar-refractivity contribution in [3.8, 4) is 0 Å². The molecule has 1 aromatic carbocycles. The van der Waals surface area contributed by atoms with Gasteiger partial charge in [-0.2, -0.15) is 0 Å². The Labute approximate surface area is 107 Å². The van der Waals surface area contributed by atoms with Gasteiger partial charge in [0.1, 0.15) is 6.04 Å². The number of aliphatic carboxylic acids is 1. The van der Waals surface area contributed by atoms with Gasteiger partial charge in [0.2, 0.25) is 0 Å². The lowest BCUT2D eigenvalue weighted by Gasteiger charge is -2.36. The largest absolute Gasteiger partial charge is 0.480 e. The number of hydrogen-bond donors (Lipinski definition) is 2. The van der Waals surface area contributed by atoms with Gasteiger partial charge >= 0.3 is 5.97 Å². The van der Waals surface area contributed by atoms with Crippen molar-refractivity contribution >= 4 is 11.7 Å². The van der Waals surface area contributed by atoms with Crippen LogP contribution < -0.4 is 5.32 Å². The highest BCUT2D eigenvalue weighted by Gasteiger charge is 2.41. The molecule has 1 aliphatic carbocycles. The average molecular weight is 243 g/mol. The molecule has 3 atom stereocenters. The topological polar surface area (TPSA) is 49.3 Å². The summed E-state index contributed by atoms with van der Waals surface area (Å²) in [5.74, 6) is -0.349. The molecule has 0 radical (unpaired) electrons. The van der Waals surface area contributed by atoms with Gasteiger partial charge in [-0.15, -0.1) is 0 Å². The molecule has 18 heavy (non-hydrogen) atoms. The minimum Gasteiger partial charge on any atom is -0.480 e. The van der Waals surface area contributed by atoms with E-state index < -0.39 is 12.0 Å². The summed E-state index contributed by atoms with van der Waals surface area (Å²) in [5, 5.41) is 12.6. The normalized spacial score (nSPS) is 28.4. The highest BCUT2D eigenvalue weighted by molar-refractivity contribution is 5.81. The number of benzene rings is 1. The Hall–Kier alpha value is -1.77. The number of hydrogen-bond acceptors (Lipinski definition) is 2. The van der Waals surface area contributed by atoms with Crippen molar-refractivity contribution in [2.75, 3.05) is 5.32 Å². The molecular weight excluding hydrogens is 226 g/mol. The molecule has 2 N–H and O–H groups in total.